The van der Waals surface area contributed by atoms with Gasteiger partial charge in [0.25, 0.3) is 0 Å². The van der Waals surface area contributed by atoms with Crippen molar-refractivity contribution in [2.75, 3.05) is 0 Å². The number of carboxylic acids is 1. The van der Waals surface area contributed by atoms with Gasteiger partial charge in [0.2, 0.25) is 0 Å². The molecule has 0 amide bonds. The Morgan fingerprint density at radius 1 is 0.944 bits per heavy atom. The Labute approximate surface area is 130 Å². The van der Waals surface area contributed by atoms with E-state index in [0.29, 0.717) is 0 Å². The van der Waals surface area contributed by atoms with E-state index in [1.165, 1.54) is 0 Å². The average Bonchev–Trinajstić information content (AvgIpc) is 2.38. The molecule has 0 heterocycles. The molecular formula is C15H15NaO2. The van der Waals surface area contributed by atoms with Gasteiger partial charge in [-0.2, -0.15) is 0 Å². The minimum atomic E-state index is -0.775. The largest absolute Gasteiger partial charge is 1.00 e. The molecule has 0 atom stereocenters. The molecule has 18 heavy (non-hydrogen) atoms. The van der Waals surface area contributed by atoms with Gasteiger partial charge in [-0.05, 0) is 11.1 Å². The monoisotopic (exact) mass is 250 g/mol. The predicted octanol–water partition coefficient (Wildman–Crippen LogP) is 0.410. The summed E-state index contributed by atoms with van der Waals surface area (Å²) in [6, 6.07) is 19.5. The Bertz CT molecular complexity index is 449. The van der Waals surface area contributed by atoms with E-state index in [2.05, 4.69) is 0 Å². The maximum atomic E-state index is 11.0. The second-order valence-electron chi connectivity index (χ2n) is 3.97. The minimum absolute atomic E-state index is 0. The molecule has 0 spiro atoms. The summed E-state index contributed by atoms with van der Waals surface area (Å²) < 4.78 is 0. The minimum Gasteiger partial charge on any atom is -1.00 e. The van der Waals surface area contributed by atoms with Gasteiger partial charge in [-0.3, -0.25) is 4.79 Å². The zero-order valence-corrected chi connectivity index (χ0v) is 12.4. The van der Waals surface area contributed by atoms with Gasteiger partial charge in [0.05, 0.1) is 6.42 Å². The normalized spacial score (nSPS) is 9.83. The first-order chi connectivity index (χ1) is 8.27. The third kappa shape index (κ3) is 3.98. The summed E-state index contributed by atoms with van der Waals surface area (Å²) in [7, 11) is 0. The van der Waals surface area contributed by atoms with Crippen molar-refractivity contribution in [2.24, 2.45) is 0 Å². The van der Waals surface area contributed by atoms with Crippen LogP contribution in [0.3, 0.4) is 0 Å². The molecule has 88 valence electrons. The third-order valence-corrected chi connectivity index (χ3v) is 2.78. The van der Waals surface area contributed by atoms with E-state index in [-0.39, 0.29) is 43.3 Å². The second kappa shape index (κ2) is 7.37. The SMILES string of the molecule is O=C(O)CC(c1ccccc1)c1ccccc1.[H-].[Na+]. The quantitative estimate of drug-likeness (QED) is 0.798. The van der Waals surface area contributed by atoms with Crippen LogP contribution in [0.1, 0.15) is 24.9 Å². The molecule has 2 nitrogen and oxygen atoms in total. The van der Waals surface area contributed by atoms with Gasteiger partial charge in [0, 0.05) is 5.92 Å². The van der Waals surface area contributed by atoms with Crippen LogP contribution in [0.15, 0.2) is 60.7 Å². The second-order valence-corrected chi connectivity index (χ2v) is 3.97. The Morgan fingerprint density at radius 3 is 1.67 bits per heavy atom. The van der Waals surface area contributed by atoms with Crippen LogP contribution in [0.25, 0.3) is 0 Å². The molecule has 0 aliphatic rings. The zero-order valence-electron chi connectivity index (χ0n) is 11.4. The van der Waals surface area contributed by atoms with E-state index >= 15 is 0 Å². The molecule has 1 N–H and O–H groups in total. The number of carbonyl (C=O) groups is 1. The maximum Gasteiger partial charge on any atom is 1.00 e. The summed E-state index contributed by atoms with van der Waals surface area (Å²) in [5, 5.41) is 9.01. The van der Waals surface area contributed by atoms with Gasteiger partial charge in [0.15, 0.2) is 0 Å². The first-order valence-electron chi connectivity index (χ1n) is 5.59. The molecular weight excluding hydrogens is 235 g/mol. The van der Waals surface area contributed by atoms with E-state index < -0.39 is 5.97 Å². The van der Waals surface area contributed by atoms with Gasteiger partial charge in [-0.25, -0.2) is 0 Å². The van der Waals surface area contributed by atoms with Crippen molar-refractivity contribution in [1.29, 1.82) is 0 Å². The molecule has 2 aromatic carbocycles. The van der Waals surface area contributed by atoms with E-state index in [9.17, 15) is 4.79 Å². The van der Waals surface area contributed by atoms with Gasteiger partial charge in [-0.15, -0.1) is 0 Å². The third-order valence-electron chi connectivity index (χ3n) is 2.78. The molecule has 2 aromatic rings. The fourth-order valence-electron chi connectivity index (χ4n) is 1.97. The van der Waals surface area contributed by atoms with Crippen molar-refractivity contribution >= 4 is 5.97 Å². The Kier molecular flexibility index (Phi) is 6.13. The van der Waals surface area contributed by atoms with Crippen LogP contribution < -0.4 is 29.6 Å². The van der Waals surface area contributed by atoms with E-state index in [4.69, 9.17) is 5.11 Å². The summed E-state index contributed by atoms with van der Waals surface area (Å²) in [5.41, 5.74) is 2.09. The number of benzene rings is 2. The molecule has 0 aliphatic carbocycles. The topological polar surface area (TPSA) is 37.3 Å². The number of hydrogen-bond acceptors (Lipinski definition) is 1. The molecule has 0 saturated carbocycles. The first kappa shape index (κ1) is 15.0. The van der Waals surface area contributed by atoms with Gasteiger partial charge < -0.3 is 6.53 Å². The molecule has 3 heteroatoms. The Hall–Kier alpha value is -1.09. The van der Waals surface area contributed by atoms with Crippen LogP contribution in [0.2, 0.25) is 0 Å². The average molecular weight is 250 g/mol. The summed E-state index contributed by atoms with van der Waals surface area (Å²) in [6.07, 6.45) is 0.119. The molecule has 0 aliphatic heterocycles. The summed E-state index contributed by atoms with van der Waals surface area (Å²) in [6.45, 7) is 0. The van der Waals surface area contributed by atoms with Crippen molar-refractivity contribution in [3.63, 3.8) is 0 Å². The molecule has 2 rings (SSSR count). The maximum absolute atomic E-state index is 11.0. The number of carboxylic acid groups (broad SMARTS) is 1. The molecule has 0 bridgehead atoms. The number of rotatable bonds is 4. The van der Waals surface area contributed by atoms with Crippen LogP contribution in [-0.4, -0.2) is 11.1 Å². The van der Waals surface area contributed by atoms with Crippen LogP contribution in [0.5, 0.6) is 0 Å². The first-order valence-corrected chi connectivity index (χ1v) is 5.59. The van der Waals surface area contributed by atoms with E-state index in [1.54, 1.807) is 0 Å². The Balaban J connectivity index is 0.00000162. The molecule has 0 fully saturated rings. The Morgan fingerprint density at radius 2 is 1.33 bits per heavy atom. The van der Waals surface area contributed by atoms with Gasteiger partial charge in [0.1, 0.15) is 0 Å². The summed E-state index contributed by atoms with van der Waals surface area (Å²) >= 11 is 0. The fourth-order valence-corrected chi connectivity index (χ4v) is 1.97. The van der Waals surface area contributed by atoms with Crippen LogP contribution in [-0.2, 0) is 4.79 Å². The van der Waals surface area contributed by atoms with Crippen molar-refractivity contribution in [3.8, 4) is 0 Å². The fraction of sp³-hybridized carbons (Fsp3) is 0.133. The van der Waals surface area contributed by atoms with Crippen molar-refractivity contribution in [1.82, 2.24) is 0 Å². The standard InChI is InChI=1S/C15H14O2.Na.H/c16-15(17)11-14(12-7-3-1-4-8-12)13-9-5-2-6-10-13;;/h1-10,14H,11H2,(H,16,17);;/q;+1;-1. The molecule has 0 radical (unpaired) electrons. The molecule has 0 saturated heterocycles. The summed E-state index contributed by atoms with van der Waals surface area (Å²) in [5.74, 6) is -0.849. The van der Waals surface area contributed by atoms with Crippen LogP contribution in [0, 0.1) is 0 Å². The van der Waals surface area contributed by atoms with Gasteiger partial charge in [-0.1, -0.05) is 60.7 Å². The summed E-state index contributed by atoms with van der Waals surface area (Å²) in [4.78, 5) is 11.0. The number of hydrogen-bond donors (Lipinski definition) is 1. The molecule has 0 aromatic heterocycles. The molecule has 0 unspecified atom stereocenters. The van der Waals surface area contributed by atoms with Crippen LogP contribution >= 0.6 is 0 Å². The van der Waals surface area contributed by atoms with E-state index in [0.717, 1.165) is 11.1 Å². The zero-order chi connectivity index (χ0) is 12.1. The van der Waals surface area contributed by atoms with Crippen molar-refractivity contribution in [2.45, 2.75) is 12.3 Å². The van der Waals surface area contributed by atoms with Gasteiger partial charge >= 0.3 is 35.5 Å². The predicted molar refractivity (Wildman–Crippen MR) is 68.1 cm³/mol. The smallest absolute Gasteiger partial charge is 1.00 e. The number of aliphatic carboxylic acids is 1. The van der Waals surface area contributed by atoms with Crippen molar-refractivity contribution < 1.29 is 40.9 Å². The van der Waals surface area contributed by atoms with Crippen molar-refractivity contribution in [3.05, 3.63) is 71.8 Å². The van der Waals surface area contributed by atoms with Crippen LogP contribution in [0.4, 0.5) is 0 Å². The van der Waals surface area contributed by atoms with E-state index in [1.807, 2.05) is 60.7 Å².